The van der Waals surface area contributed by atoms with Crippen LogP contribution in [-0.2, 0) is 6.42 Å². The van der Waals surface area contributed by atoms with Gasteiger partial charge in [0.2, 0.25) is 0 Å². The van der Waals surface area contributed by atoms with Crippen LogP contribution in [0.2, 0.25) is 0 Å². The van der Waals surface area contributed by atoms with Gasteiger partial charge in [0.25, 0.3) is 0 Å². The smallest absolute Gasteiger partial charge is 0.102 e. The van der Waals surface area contributed by atoms with Gasteiger partial charge in [0, 0.05) is 11.3 Å². The van der Waals surface area contributed by atoms with E-state index in [2.05, 4.69) is 56.1 Å². The first-order valence-electron chi connectivity index (χ1n) is 6.99. The summed E-state index contributed by atoms with van der Waals surface area (Å²) >= 11 is 0. The Morgan fingerprint density at radius 3 is 2.35 bits per heavy atom. The minimum atomic E-state index is 0.488. The summed E-state index contributed by atoms with van der Waals surface area (Å²) in [6, 6.07) is 12.7. The van der Waals surface area contributed by atoms with Crippen molar-refractivity contribution in [3.8, 4) is 17.2 Å². The van der Waals surface area contributed by atoms with Crippen LogP contribution in [0.5, 0.6) is 0 Å². The zero-order valence-electron chi connectivity index (χ0n) is 12.6. The van der Waals surface area contributed by atoms with Crippen molar-refractivity contribution in [1.29, 1.82) is 5.26 Å². The van der Waals surface area contributed by atoms with Crippen molar-refractivity contribution < 1.29 is 0 Å². The van der Waals surface area contributed by atoms with Crippen molar-refractivity contribution in [3.05, 3.63) is 52.8 Å². The average Bonchev–Trinajstić information content (AvgIpc) is 2.38. The Kier molecular flexibility index (Phi) is 4.20. The van der Waals surface area contributed by atoms with E-state index in [0.29, 0.717) is 11.5 Å². The summed E-state index contributed by atoms with van der Waals surface area (Å²) in [5.41, 5.74) is 5.90. The molecule has 0 saturated carbocycles. The molecule has 0 fully saturated rings. The molecule has 0 bridgehead atoms. The molecule has 2 nitrogen and oxygen atoms in total. The van der Waals surface area contributed by atoms with Gasteiger partial charge in [-0.1, -0.05) is 43.7 Å². The quantitative estimate of drug-likeness (QED) is 0.822. The third-order valence-electron chi connectivity index (χ3n) is 3.30. The number of hydrogen-bond acceptors (Lipinski definition) is 2. The molecule has 0 unspecified atom stereocenters. The van der Waals surface area contributed by atoms with Crippen molar-refractivity contribution in [1.82, 2.24) is 4.98 Å². The van der Waals surface area contributed by atoms with Gasteiger partial charge < -0.3 is 0 Å². The molecule has 2 heteroatoms. The zero-order valence-corrected chi connectivity index (χ0v) is 12.6. The van der Waals surface area contributed by atoms with E-state index in [1.54, 1.807) is 0 Å². The molecule has 0 aliphatic carbocycles. The summed E-state index contributed by atoms with van der Waals surface area (Å²) in [6.07, 6.45) is 0.837. The molecule has 2 rings (SSSR count). The first kappa shape index (κ1) is 14.3. The molecule has 1 aromatic carbocycles. The summed E-state index contributed by atoms with van der Waals surface area (Å²) in [5, 5.41) is 9.53. The molecule has 0 aliphatic heterocycles. The molecule has 0 atom stereocenters. The zero-order chi connectivity index (χ0) is 14.7. The minimum Gasteiger partial charge on any atom is -0.257 e. The van der Waals surface area contributed by atoms with E-state index in [1.165, 1.54) is 5.56 Å². The van der Waals surface area contributed by atoms with Gasteiger partial charge in [0.15, 0.2) is 0 Å². The van der Waals surface area contributed by atoms with Crippen LogP contribution >= 0.6 is 0 Å². The number of aromatic nitrogens is 1. The van der Waals surface area contributed by atoms with Crippen LogP contribution in [0.15, 0.2) is 30.3 Å². The second-order valence-electron chi connectivity index (χ2n) is 5.71. The lowest BCUT2D eigenvalue weighted by Gasteiger charge is -2.12. The van der Waals surface area contributed by atoms with Crippen molar-refractivity contribution >= 4 is 0 Å². The number of pyridine rings is 1. The SMILES string of the molecule is Cc1ccc(-c2cc(C)nc(CC(C)C)c2C#N)cc1. The molecule has 2 aromatic rings. The minimum absolute atomic E-state index is 0.488. The third-order valence-corrected chi connectivity index (χ3v) is 3.30. The van der Waals surface area contributed by atoms with Crippen molar-refractivity contribution in [3.63, 3.8) is 0 Å². The summed E-state index contributed by atoms with van der Waals surface area (Å²) < 4.78 is 0. The van der Waals surface area contributed by atoms with Gasteiger partial charge in [0.05, 0.1) is 11.3 Å². The topological polar surface area (TPSA) is 36.7 Å². The maximum atomic E-state index is 9.53. The number of benzene rings is 1. The predicted octanol–water partition coefficient (Wildman–Crippen LogP) is 4.44. The van der Waals surface area contributed by atoms with Crippen LogP contribution in [-0.4, -0.2) is 4.98 Å². The number of aryl methyl sites for hydroxylation is 2. The van der Waals surface area contributed by atoms with Gasteiger partial charge in [-0.25, -0.2) is 0 Å². The van der Waals surface area contributed by atoms with E-state index >= 15 is 0 Å². The lowest BCUT2D eigenvalue weighted by molar-refractivity contribution is 0.633. The Morgan fingerprint density at radius 2 is 1.80 bits per heavy atom. The molecule has 0 N–H and O–H groups in total. The molecule has 20 heavy (non-hydrogen) atoms. The Morgan fingerprint density at radius 1 is 1.15 bits per heavy atom. The molecular formula is C18H20N2. The predicted molar refractivity (Wildman–Crippen MR) is 82.4 cm³/mol. The lowest BCUT2D eigenvalue weighted by Crippen LogP contribution is -2.04. The van der Waals surface area contributed by atoms with E-state index in [4.69, 9.17) is 0 Å². The Balaban J connectivity index is 2.60. The van der Waals surface area contributed by atoms with E-state index in [9.17, 15) is 5.26 Å². The maximum Gasteiger partial charge on any atom is 0.102 e. The highest BCUT2D eigenvalue weighted by atomic mass is 14.7. The van der Waals surface area contributed by atoms with Crippen LogP contribution < -0.4 is 0 Å². The molecular weight excluding hydrogens is 244 g/mol. The van der Waals surface area contributed by atoms with Gasteiger partial charge in [-0.15, -0.1) is 0 Å². The number of hydrogen-bond donors (Lipinski definition) is 0. The second-order valence-corrected chi connectivity index (χ2v) is 5.71. The summed E-state index contributed by atoms with van der Waals surface area (Å²) in [6.45, 7) is 8.35. The van der Waals surface area contributed by atoms with Crippen LogP contribution in [0, 0.1) is 31.1 Å². The standard InChI is InChI=1S/C18H20N2/c1-12(2)9-18-17(11-19)16(10-14(4)20-18)15-7-5-13(3)6-8-15/h5-8,10,12H,9H2,1-4H3. The first-order chi connectivity index (χ1) is 9.51. The first-order valence-corrected chi connectivity index (χ1v) is 6.99. The van der Waals surface area contributed by atoms with Crippen LogP contribution in [0.4, 0.5) is 0 Å². The Bertz CT molecular complexity index is 646. The average molecular weight is 264 g/mol. The molecule has 102 valence electrons. The number of nitriles is 1. The Labute approximate surface area is 121 Å². The molecule has 0 spiro atoms. The number of nitrogens with zero attached hydrogens (tertiary/aromatic N) is 2. The molecule has 1 heterocycles. The fourth-order valence-electron chi connectivity index (χ4n) is 2.36. The highest BCUT2D eigenvalue weighted by Crippen LogP contribution is 2.27. The summed E-state index contributed by atoms with van der Waals surface area (Å²) in [7, 11) is 0. The Hall–Kier alpha value is -2.14. The van der Waals surface area contributed by atoms with Gasteiger partial charge in [-0.05, 0) is 37.8 Å². The van der Waals surface area contributed by atoms with Crippen molar-refractivity contribution in [2.75, 3.05) is 0 Å². The highest BCUT2D eigenvalue weighted by Gasteiger charge is 2.13. The molecule has 1 aromatic heterocycles. The van der Waals surface area contributed by atoms with Gasteiger partial charge >= 0.3 is 0 Å². The van der Waals surface area contributed by atoms with E-state index in [1.807, 2.05) is 13.0 Å². The van der Waals surface area contributed by atoms with Gasteiger partial charge in [-0.3, -0.25) is 4.98 Å². The third kappa shape index (κ3) is 3.05. The molecule has 0 amide bonds. The van der Waals surface area contributed by atoms with Crippen LogP contribution in [0.3, 0.4) is 0 Å². The van der Waals surface area contributed by atoms with Crippen LogP contribution in [0.1, 0.15) is 36.4 Å². The normalized spacial score (nSPS) is 10.6. The molecule has 0 saturated heterocycles. The van der Waals surface area contributed by atoms with E-state index < -0.39 is 0 Å². The summed E-state index contributed by atoms with van der Waals surface area (Å²) in [4.78, 5) is 4.57. The maximum absolute atomic E-state index is 9.53. The fourth-order valence-corrected chi connectivity index (χ4v) is 2.36. The summed E-state index contributed by atoms with van der Waals surface area (Å²) in [5.74, 6) is 0.488. The van der Waals surface area contributed by atoms with Crippen molar-refractivity contribution in [2.24, 2.45) is 5.92 Å². The van der Waals surface area contributed by atoms with Crippen molar-refractivity contribution in [2.45, 2.75) is 34.1 Å². The van der Waals surface area contributed by atoms with E-state index in [0.717, 1.165) is 28.9 Å². The van der Waals surface area contributed by atoms with Gasteiger partial charge in [-0.2, -0.15) is 5.26 Å². The monoisotopic (exact) mass is 264 g/mol. The van der Waals surface area contributed by atoms with Crippen LogP contribution in [0.25, 0.3) is 11.1 Å². The largest absolute Gasteiger partial charge is 0.257 e. The molecule has 0 radical (unpaired) electrons. The second kappa shape index (κ2) is 5.88. The highest BCUT2D eigenvalue weighted by molar-refractivity contribution is 5.72. The fraction of sp³-hybridized carbons (Fsp3) is 0.333. The van der Waals surface area contributed by atoms with E-state index in [-0.39, 0.29) is 0 Å². The van der Waals surface area contributed by atoms with Gasteiger partial charge in [0.1, 0.15) is 6.07 Å². The molecule has 0 aliphatic rings. The lowest BCUT2D eigenvalue weighted by atomic mass is 9.95. The number of rotatable bonds is 3.